The van der Waals surface area contributed by atoms with E-state index in [4.69, 9.17) is 4.52 Å². The standard InChI is InChI=1S/C16H28N4O/c1-3-15-17-16(21-18-15)13(2)19-11-7-14(8-12-19)20-9-5-4-6-10-20/h13-14H,3-12H2,1-2H3. The van der Waals surface area contributed by atoms with Crippen molar-refractivity contribution in [2.45, 2.75) is 64.5 Å². The second kappa shape index (κ2) is 6.88. The molecule has 2 fully saturated rings. The van der Waals surface area contributed by atoms with E-state index in [1.54, 1.807) is 0 Å². The van der Waals surface area contributed by atoms with E-state index >= 15 is 0 Å². The summed E-state index contributed by atoms with van der Waals surface area (Å²) in [6.45, 7) is 9.16. The first-order chi connectivity index (χ1) is 10.3. The second-order valence-corrected chi connectivity index (χ2v) is 6.44. The second-order valence-electron chi connectivity index (χ2n) is 6.44. The fraction of sp³-hybridized carbons (Fsp3) is 0.875. The molecule has 0 aromatic carbocycles. The molecule has 118 valence electrons. The van der Waals surface area contributed by atoms with E-state index in [1.807, 2.05) is 0 Å². The van der Waals surface area contributed by atoms with Crippen LogP contribution in [0.5, 0.6) is 0 Å². The zero-order valence-corrected chi connectivity index (χ0v) is 13.4. The Morgan fingerprint density at radius 1 is 1.14 bits per heavy atom. The molecular weight excluding hydrogens is 264 g/mol. The Morgan fingerprint density at radius 3 is 2.48 bits per heavy atom. The fourth-order valence-corrected chi connectivity index (χ4v) is 3.66. The highest BCUT2D eigenvalue weighted by molar-refractivity contribution is 4.94. The third kappa shape index (κ3) is 3.46. The van der Waals surface area contributed by atoms with Crippen LogP contribution in [0.2, 0.25) is 0 Å². The minimum atomic E-state index is 0.250. The third-order valence-electron chi connectivity index (χ3n) is 5.11. The van der Waals surface area contributed by atoms with Gasteiger partial charge in [-0.05, 0) is 45.7 Å². The highest BCUT2D eigenvalue weighted by atomic mass is 16.5. The minimum absolute atomic E-state index is 0.250. The van der Waals surface area contributed by atoms with Crippen molar-refractivity contribution in [1.82, 2.24) is 19.9 Å². The van der Waals surface area contributed by atoms with Crippen LogP contribution in [0.15, 0.2) is 4.52 Å². The fourth-order valence-electron chi connectivity index (χ4n) is 3.66. The lowest BCUT2D eigenvalue weighted by Gasteiger charge is -2.41. The number of nitrogens with zero attached hydrogens (tertiary/aromatic N) is 4. The van der Waals surface area contributed by atoms with Gasteiger partial charge < -0.3 is 9.42 Å². The molecule has 2 aliphatic heterocycles. The molecule has 5 heteroatoms. The Kier molecular flexibility index (Phi) is 4.91. The summed E-state index contributed by atoms with van der Waals surface area (Å²) in [5.41, 5.74) is 0. The monoisotopic (exact) mass is 292 g/mol. The number of hydrogen-bond donors (Lipinski definition) is 0. The van der Waals surface area contributed by atoms with Crippen molar-refractivity contribution in [3.8, 4) is 0 Å². The third-order valence-corrected chi connectivity index (χ3v) is 5.11. The summed E-state index contributed by atoms with van der Waals surface area (Å²) >= 11 is 0. The van der Waals surface area contributed by atoms with Crippen LogP contribution in [0.3, 0.4) is 0 Å². The molecule has 1 aromatic rings. The summed E-state index contributed by atoms with van der Waals surface area (Å²) in [4.78, 5) is 9.69. The molecule has 21 heavy (non-hydrogen) atoms. The highest BCUT2D eigenvalue weighted by Crippen LogP contribution is 2.26. The van der Waals surface area contributed by atoms with Gasteiger partial charge in [0.05, 0.1) is 6.04 Å². The van der Waals surface area contributed by atoms with Crippen LogP contribution in [-0.4, -0.2) is 52.2 Å². The van der Waals surface area contributed by atoms with Crippen molar-refractivity contribution in [3.05, 3.63) is 11.7 Å². The van der Waals surface area contributed by atoms with E-state index in [0.717, 1.165) is 37.3 Å². The van der Waals surface area contributed by atoms with Crippen molar-refractivity contribution >= 4 is 0 Å². The molecule has 0 radical (unpaired) electrons. The SMILES string of the molecule is CCc1noc(C(C)N2CCC(N3CCCCC3)CC2)n1. The molecule has 0 aliphatic carbocycles. The van der Waals surface area contributed by atoms with E-state index in [1.165, 1.54) is 45.2 Å². The summed E-state index contributed by atoms with van der Waals surface area (Å²) in [6.07, 6.45) is 7.59. The summed E-state index contributed by atoms with van der Waals surface area (Å²) < 4.78 is 5.40. The topological polar surface area (TPSA) is 45.4 Å². The quantitative estimate of drug-likeness (QED) is 0.853. The van der Waals surface area contributed by atoms with E-state index < -0.39 is 0 Å². The van der Waals surface area contributed by atoms with Crippen molar-refractivity contribution < 1.29 is 4.52 Å². The van der Waals surface area contributed by atoms with Gasteiger partial charge >= 0.3 is 0 Å². The first-order valence-electron chi connectivity index (χ1n) is 8.58. The Hall–Kier alpha value is -0.940. The molecular formula is C16H28N4O. The van der Waals surface area contributed by atoms with Crippen LogP contribution in [0, 0.1) is 0 Å². The molecule has 2 saturated heterocycles. The van der Waals surface area contributed by atoms with E-state index in [2.05, 4.69) is 33.8 Å². The molecule has 3 rings (SSSR count). The lowest BCUT2D eigenvalue weighted by atomic mass is 9.99. The molecule has 0 spiro atoms. The van der Waals surface area contributed by atoms with Crippen molar-refractivity contribution in [2.24, 2.45) is 0 Å². The number of aryl methyl sites for hydroxylation is 1. The zero-order valence-electron chi connectivity index (χ0n) is 13.4. The average molecular weight is 292 g/mol. The molecule has 1 atom stereocenters. The van der Waals surface area contributed by atoms with Crippen molar-refractivity contribution in [1.29, 1.82) is 0 Å². The van der Waals surface area contributed by atoms with Gasteiger partial charge in [-0.1, -0.05) is 18.5 Å². The number of aromatic nitrogens is 2. The molecule has 5 nitrogen and oxygen atoms in total. The maximum atomic E-state index is 5.40. The number of likely N-dealkylation sites (tertiary alicyclic amines) is 2. The first kappa shape index (κ1) is 15.0. The largest absolute Gasteiger partial charge is 0.338 e. The average Bonchev–Trinajstić information content (AvgIpc) is 3.04. The number of rotatable bonds is 4. The molecule has 0 bridgehead atoms. The Bertz CT molecular complexity index is 433. The van der Waals surface area contributed by atoms with Crippen LogP contribution in [-0.2, 0) is 6.42 Å². The molecule has 2 aliphatic rings. The van der Waals surface area contributed by atoms with E-state index in [9.17, 15) is 0 Å². The van der Waals surface area contributed by atoms with Gasteiger partial charge in [-0.2, -0.15) is 4.98 Å². The maximum absolute atomic E-state index is 5.40. The van der Waals surface area contributed by atoms with Crippen LogP contribution in [0.4, 0.5) is 0 Å². The van der Waals surface area contributed by atoms with Crippen LogP contribution < -0.4 is 0 Å². The lowest BCUT2D eigenvalue weighted by Crippen LogP contribution is -2.47. The first-order valence-corrected chi connectivity index (χ1v) is 8.58. The van der Waals surface area contributed by atoms with Crippen LogP contribution in [0.25, 0.3) is 0 Å². The Morgan fingerprint density at radius 2 is 1.86 bits per heavy atom. The molecule has 0 N–H and O–H groups in total. The van der Waals surface area contributed by atoms with Gasteiger partial charge in [0.2, 0.25) is 5.89 Å². The molecule has 1 unspecified atom stereocenters. The van der Waals surface area contributed by atoms with Gasteiger partial charge in [-0.25, -0.2) is 0 Å². The predicted molar refractivity (Wildman–Crippen MR) is 82.1 cm³/mol. The molecule has 0 amide bonds. The van der Waals surface area contributed by atoms with E-state index in [-0.39, 0.29) is 6.04 Å². The van der Waals surface area contributed by atoms with Crippen molar-refractivity contribution in [2.75, 3.05) is 26.2 Å². The smallest absolute Gasteiger partial charge is 0.243 e. The van der Waals surface area contributed by atoms with Gasteiger partial charge in [-0.15, -0.1) is 0 Å². The minimum Gasteiger partial charge on any atom is -0.338 e. The lowest BCUT2D eigenvalue weighted by molar-refractivity contribution is 0.0677. The summed E-state index contributed by atoms with van der Waals surface area (Å²) in [7, 11) is 0. The van der Waals surface area contributed by atoms with Gasteiger partial charge in [0, 0.05) is 25.6 Å². The predicted octanol–water partition coefficient (Wildman–Crippen LogP) is 2.64. The van der Waals surface area contributed by atoms with Crippen molar-refractivity contribution in [3.63, 3.8) is 0 Å². The molecule has 1 aromatic heterocycles. The van der Waals surface area contributed by atoms with Gasteiger partial charge in [0.1, 0.15) is 0 Å². The number of hydrogen-bond acceptors (Lipinski definition) is 5. The maximum Gasteiger partial charge on any atom is 0.243 e. The Labute approximate surface area is 127 Å². The summed E-state index contributed by atoms with van der Waals surface area (Å²) in [6, 6.07) is 1.04. The molecule has 0 saturated carbocycles. The van der Waals surface area contributed by atoms with Gasteiger partial charge in [0.15, 0.2) is 5.82 Å². The highest BCUT2D eigenvalue weighted by Gasteiger charge is 2.29. The zero-order chi connectivity index (χ0) is 14.7. The summed E-state index contributed by atoms with van der Waals surface area (Å²) in [5.74, 6) is 1.60. The Balaban J connectivity index is 1.52. The van der Waals surface area contributed by atoms with Gasteiger partial charge in [0.25, 0.3) is 0 Å². The van der Waals surface area contributed by atoms with Gasteiger partial charge in [-0.3, -0.25) is 4.90 Å². The summed E-state index contributed by atoms with van der Waals surface area (Å²) in [5, 5.41) is 4.02. The normalized spacial score (nSPS) is 24.3. The molecule has 3 heterocycles. The van der Waals surface area contributed by atoms with Crippen LogP contribution in [0.1, 0.15) is 63.7 Å². The number of piperidine rings is 2. The van der Waals surface area contributed by atoms with E-state index in [0.29, 0.717) is 0 Å². The van der Waals surface area contributed by atoms with Crippen LogP contribution >= 0.6 is 0 Å².